The van der Waals surface area contributed by atoms with Gasteiger partial charge in [0.25, 0.3) is 20.2 Å². The molecule has 0 amide bonds. The van der Waals surface area contributed by atoms with Crippen molar-refractivity contribution in [1.82, 2.24) is 9.97 Å². The molecule has 2 heterocycles. The van der Waals surface area contributed by atoms with Crippen LogP contribution in [0.3, 0.4) is 0 Å². The van der Waals surface area contributed by atoms with E-state index in [0.717, 1.165) is 18.2 Å². The van der Waals surface area contributed by atoms with Crippen LogP contribution in [0.4, 0.5) is 0 Å². The summed E-state index contributed by atoms with van der Waals surface area (Å²) in [4.78, 5) is 7.34. The summed E-state index contributed by atoms with van der Waals surface area (Å²) < 4.78 is 70.6. The average Bonchev–Trinajstić information content (AvgIpc) is 3.05. The number of aromatic nitrogens is 2. The Hall–Kier alpha value is -0.860. The van der Waals surface area contributed by atoms with E-state index in [4.69, 9.17) is 4.42 Å². The third kappa shape index (κ3) is 4.74. The van der Waals surface area contributed by atoms with Crippen molar-refractivity contribution in [2.75, 3.05) is 0 Å². The molecule has 0 unspecified atom stereocenters. The van der Waals surface area contributed by atoms with Gasteiger partial charge >= 0.3 is 59.1 Å². The molecule has 2 aromatic carbocycles. The zero-order chi connectivity index (χ0) is 19.4. The second-order valence-electron chi connectivity index (χ2n) is 5.62. The fourth-order valence-electron chi connectivity index (χ4n) is 2.70. The van der Waals surface area contributed by atoms with Crippen molar-refractivity contribution in [3.05, 3.63) is 48.7 Å². The third-order valence-electron chi connectivity index (χ3n) is 3.88. The maximum absolute atomic E-state index is 11.8. The number of benzene rings is 2. The van der Waals surface area contributed by atoms with Crippen LogP contribution >= 0.6 is 0 Å². The van der Waals surface area contributed by atoms with Crippen LogP contribution in [0.5, 0.6) is 0 Å². The number of nitrogens with zero attached hydrogens (tertiary/aromatic N) is 2. The Morgan fingerprint density at radius 1 is 0.931 bits per heavy atom. The van der Waals surface area contributed by atoms with Crippen molar-refractivity contribution in [3.63, 3.8) is 0 Å². The Morgan fingerprint density at radius 2 is 1.66 bits per heavy atom. The molecule has 0 aliphatic rings. The van der Waals surface area contributed by atoms with Crippen LogP contribution in [0.15, 0.2) is 62.9 Å². The number of hydrogen-bond acceptors (Lipinski definition) is 7. The third-order valence-corrected chi connectivity index (χ3v) is 5.58. The van der Waals surface area contributed by atoms with Crippen molar-refractivity contribution in [3.8, 4) is 11.6 Å². The summed E-state index contributed by atoms with van der Waals surface area (Å²) in [6.45, 7) is 0. The van der Waals surface area contributed by atoms with Crippen molar-refractivity contribution in [2.24, 2.45) is 0 Å². The molecule has 0 fully saturated rings. The summed E-state index contributed by atoms with van der Waals surface area (Å²) in [7, 11) is -9.20. The second-order valence-corrected chi connectivity index (χ2v) is 8.43. The van der Waals surface area contributed by atoms with E-state index in [1.807, 2.05) is 0 Å². The van der Waals surface area contributed by atoms with Gasteiger partial charge in [-0.3, -0.25) is 14.1 Å². The van der Waals surface area contributed by atoms with Crippen LogP contribution in [0, 0.1) is 0 Å². The molecule has 13 heteroatoms. The quantitative estimate of drug-likeness (QED) is 0.241. The predicted octanol–water partition coefficient (Wildman–Crippen LogP) is -3.23. The van der Waals surface area contributed by atoms with Gasteiger partial charge in [-0.1, -0.05) is 12.1 Å². The van der Waals surface area contributed by atoms with Crippen molar-refractivity contribution >= 4 is 42.1 Å². The Balaban J connectivity index is 0.00000225. The molecule has 9 nitrogen and oxygen atoms in total. The molecule has 0 atom stereocenters. The van der Waals surface area contributed by atoms with E-state index in [0.29, 0.717) is 11.1 Å². The van der Waals surface area contributed by atoms with Gasteiger partial charge in [-0.15, -0.1) is 0 Å². The Bertz CT molecular complexity index is 1430. The van der Waals surface area contributed by atoms with Crippen LogP contribution in [-0.2, 0) is 20.2 Å². The molecule has 2 aromatic heterocycles. The summed E-state index contributed by atoms with van der Waals surface area (Å²) in [5.74, 6) is 0.0295. The minimum atomic E-state index is -4.70. The molecular weight excluding hydrogens is 442 g/mol. The predicted molar refractivity (Wildman–Crippen MR) is 96.6 cm³/mol. The number of pyridine rings is 1. The van der Waals surface area contributed by atoms with E-state index >= 15 is 0 Å². The molecule has 0 bridgehead atoms. The van der Waals surface area contributed by atoms with Crippen molar-refractivity contribution in [1.29, 1.82) is 0 Å². The van der Waals surface area contributed by atoms with Gasteiger partial charge < -0.3 is 7.27 Å². The Kier molecular flexibility index (Phi) is 7.33. The van der Waals surface area contributed by atoms with Gasteiger partial charge in [0.05, 0.1) is 4.90 Å². The minimum Gasteiger partial charge on any atom is -1.00 e. The van der Waals surface area contributed by atoms with Crippen LogP contribution < -0.4 is 59.1 Å². The molecule has 4 aromatic rings. The average molecular weight is 454 g/mol. The van der Waals surface area contributed by atoms with E-state index in [1.165, 1.54) is 12.3 Å². The Morgan fingerprint density at radius 3 is 2.24 bits per heavy atom. The number of rotatable bonds is 3. The van der Waals surface area contributed by atoms with Crippen LogP contribution in [0.1, 0.15) is 2.85 Å². The van der Waals surface area contributed by atoms with E-state index in [2.05, 4.69) is 9.97 Å². The zero-order valence-electron chi connectivity index (χ0n) is 17.3. The first kappa shape index (κ1) is 24.4. The molecule has 0 saturated carbocycles. The van der Waals surface area contributed by atoms with E-state index in [1.54, 1.807) is 18.2 Å². The standard InChI is InChI=1S/C16H10N2O7S2.2Na.2H/c19-26(20,21)10-4-5-11-9(7-10)8-13(27(22,23)24)15-14(11)18-16(25-15)12-3-1-2-6-17-12;;;;/h1-8H,(H,19,20,21)(H,22,23,24);;;;/q;2*+1;2*-1. The molecule has 0 saturated heterocycles. The van der Waals surface area contributed by atoms with Crippen LogP contribution in [0.2, 0.25) is 0 Å². The number of fused-ring (bicyclic) bond motifs is 3. The number of oxazole rings is 1. The van der Waals surface area contributed by atoms with Crippen LogP contribution in [-0.4, -0.2) is 35.9 Å². The largest absolute Gasteiger partial charge is 1.00 e. The topological polar surface area (TPSA) is 148 Å². The first-order valence-corrected chi connectivity index (χ1v) is 10.3. The molecule has 4 rings (SSSR count). The maximum Gasteiger partial charge on any atom is 1.00 e. The molecule has 0 spiro atoms. The second kappa shape index (κ2) is 8.71. The smallest absolute Gasteiger partial charge is 1.00 e. The summed E-state index contributed by atoms with van der Waals surface area (Å²) in [5.41, 5.74) is 0.255. The molecule has 0 aliphatic heterocycles. The number of hydrogen-bond donors (Lipinski definition) is 2. The van der Waals surface area contributed by atoms with Gasteiger partial charge in [-0.2, -0.15) is 16.8 Å². The van der Waals surface area contributed by atoms with Gasteiger partial charge in [-0.25, -0.2) is 4.98 Å². The molecule has 142 valence electrons. The first-order chi connectivity index (χ1) is 12.6. The summed E-state index contributed by atoms with van der Waals surface area (Å²) >= 11 is 0. The van der Waals surface area contributed by atoms with E-state index in [9.17, 15) is 25.9 Å². The molecule has 0 radical (unpaired) electrons. The molecule has 29 heavy (non-hydrogen) atoms. The van der Waals surface area contributed by atoms with Crippen molar-refractivity contribution < 1.29 is 92.3 Å². The summed E-state index contributed by atoms with van der Waals surface area (Å²) in [6.07, 6.45) is 1.50. The van der Waals surface area contributed by atoms with Gasteiger partial charge in [0.1, 0.15) is 16.1 Å². The van der Waals surface area contributed by atoms with E-state index < -0.39 is 30.0 Å². The molecule has 0 aliphatic carbocycles. The normalized spacial score (nSPS) is 11.8. The maximum atomic E-state index is 11.8. The SMILES string of the molecule is O=S(=O)(O)c1ccc2c(c1)cc(S(=O)(=O)O)c1oc(-c3ccccn3)nc12.[H-].[H-].[Na+].[Na+]. The van der Waals surface area contributed by atoms with Gasteiger partial charge in [0.15, 0.2) is 5.58 Å². The Labute approximate surface area is 212 Å². The molecule has 2 N–H and O–H groups in total. The van der Waals surface area contributed by atoms with Gasteiger partial charge in [0, 0.05) is 11.6 Å². The van der Waals surface area contributed by atoms with Gasteiger partial charge in [0.2, 0.25) is 5.89 Å². The first-order valence-electron chi connectivity index (χ1n) is 7.38. The minimum absolute atomic E-state index is 0. The van der Waals surface area contributed by atoms with Crippen LogP contribution in [0.25, 0.3) is 33.5 Å². The molecular formula is C16H12N2Na2O7S2. The summed E-state index contributed by atoms with van der Waals surface area (Å²) in [5, 5.41) is 0.502. The van der Waals surface area contributed by atoms with Gasteiger partial charge in [-0.05, 0) is 35.7 Å². The fraction of sp³-hybridized carbons (Fsp3) is 0. The fourth-order valence-corrected chi connectivity index (χ4v) is 3.87. The van der Waals surface area contributed by atoms with E-state index in [-0.39, 0.29) is 84.3 Å². The zero-order valence-corrected chi connectivity index (χ0v) is 20.9. The van der Waals surface area contributed by atoms with Crippen molar-refractivity contribution in [2.45, 2.75) is 9.79 Å². The monoisotopic (exact) mass is 454 g/mol. The summed E-state index contributed by atoms with van der Waals surface area (Å²) in [6, 6.07) is 9.62.